The van der Waals surface area contributed by atoms with Crippen molar-refractivity contribution in [3.05, 3.63) is 127 Å². The van der Waals surface area contributed by atoms with Crippen LogP contribution in [0.1, 0.15) is 0 Å². The number of rotatable bonds is 2. The minimum Gasteiger partial charge on any atom is -0.454 e. The Bertz CT molecular complexity index is 2390. The van der Waals surface area contributed by atoms with Crippen LogP contribution in [0, 0.1) is 0 Å². The summed E-state index contributed by atoms with van der Waals surface area (Å²) in [7, 11) is 0. The van der Waals surface area contributed by atoms with Crippen LogP contribution in [-0.2, 0) is 0 Å². The molecule has 0 aliphatic heterocycles. The number of para-hydroxylation sites is 3. The third-order valence-corrected chi connectivity index (χ3v) is 8.13. The quantitative estimate of drug-likeness (QED) is 0.253. The third kappa shape index (κ3) is 2.82. The van der Waals surface area contributed by atoms with Crippen LogP contribution in [-0.4, -0.2) is 9.55 Å². The summed E-state index contributed by atoms with van der Waals surface area (Å²) in [4.78, 5) is 3.65. The van der Waals surface area contributed by atoms with Gasteiger partial charge < -0.3 is 14.0 Å². The third-order valence-electron chi connectivity index (χ3n) is 8.13. The summed E-state index contributed by atoms with van der Waals surface area (Å²) in [5.41, 5.74) is 9.82. The largest absolute Gasteiger partial charge is 0.454 e. The van der Waals surface area contributed by atoms with E-state index in [1.54, 1.807) is 0 Å². The Balaban J connectivity index is 1.45. The van der Waals surface area contributed by atoms with E-state index in [2.05, 4.69) is 131 Å². The minimum absolute atomic E-state index is 0.899. The van der Waals surface area contributed by atoms with Gasteiger partial charge in [0.15, 0.2) is 5.58 Å². The second-order valence-electron chi connectivity index (χ2n) is 10.2. The molecule has 6 aromatic carbocycles. The van der Waals surface area contributed by atoms with Gasteiger partial charge in [0.1, 0.15) is 5.58 Å². The molecule has 0 saturated carbocycles. The molecule has 3 heterocycles. The van der Waals surface area contributed by atoms with Crippen molar-refractivity contribution in [1.82, 2.24) is 9.55 Å². The Morgan fingerprint density at radius 2 is 1.26 bits per heavy atom. The molecule has 39 heavy (non-hydrogen) atoms. The second kappa shape index (κ2) is 7.62. The van der Waals surface area contributed by atoms with E-state index in [4.69, 9.17) is 4.42 Å². The lowest BCUT2D eigenvalue weighted by Gasteiger charge is -2.11. The fraction of sp³-hybridized carbons (Fsp3) is 0. The summed E-state index contributed by atoms with van der Waals surface area (Å²) in [6.07, 6.45) is 0. The maximum absolute atomic E-state index is 6.67. The van der Waals surface area contributed by atoms with Gasteiger partial charge in [-0.1, -0.05) is 91.0 Å². The summed E-state index contributed by atoms with van der Waals surface area (Å²) < 4.78 is 9.04. The van der Waals surface area contributed by atoms with Gasteiger partial charge >= 0.3 is 0 Å². The molecule has 0 aliphatic rings. The van der Waals surface area contributed by atoms with Crippen molar-refractivity contribution < 1.29 is 4.42 Å². The number of hydrogen-bond donors (Lipinski definition) is 1. The molecule has 3 heteroatoms. The molecule has 3 aromatic heterocycles. The van der Waals surface area contributed by atoms with Crippen LogP contribution in [0.3, 0.4) is 0 Å². The molecule has 182 valence electrons. The lowest BCUT2D eigenvalue weighted by molar-refractivity contribution is 0.666. The van der Waals surface area contributed by atoms with Crippen molar-refractivity contribution in [3.63, 3.8) is 0 Å². The van der Waals surface area contributed by atoms with Gasteiger partial charge in [-0.05, 0) is 47.5 Å². The average Bonchev–Trinajstić information content (AvgIpc) is 3.66. The fourth-order valence-corrected chi connectivity index (χ4v) is 6.42. The van der Waals surface area contributed by atoms with Gasteiger partial charge in [-0.2, -0.15) is 0 Å². The fourth-order valence-electron chi connectivity index (χ4n) is 6.42. The number of H-pyrrole nitrogens is 1. The lowest BCUT2D eigenvalue weighted by Crippen LogP contribution is -1.95. The number of fused-ring (bicyclic) bond motifs is 9. The Labute approximate surface area is 223 Å². The SMILES string of the molecule is c1ccc(-c2ccc(-n3c4ccccc4c4cc5c(cc43)[nH]c3ccccc35)c3oc4ccccc4c23)cc1. The van der Waals surface area contributed by atoms with Gasteiger partial charge in [0, 0.05) is 43.4 Å². The molecular formula is C36H22N2O. The molecule has 1 N–H and O–H groups in total. The summed E-state index contributed by atoms with van der Waals surface area (Å²) in [5.74, 6) is 0. The Kier molecular flexibility index (Phi) is 4.05. The first-order valence-corrected chi connectivity index (χ1v) is 13.3. The van der Waals surface area contributed by atoms with E-state index >= 15 is 0 Å². The molecule has 0 atom stereocenters. The van der Waals surface area contributed by atoms with Crippen LogP contribution in [0.15, 0.2) is 132 Å². The van der Waals surface area contributed by atoms with E-state index in [1.165, 1.54) is 38.2 Å². The smallest absolute Gasteiger partial charge is 0.160 e. The highest BCUT2D eigenvalue weighted by molar-refractivity contribution is 6.20. The van der Waals surface area contributed by atoms with Gasteiger partial charge in [-0.3, -0.25) is 0 Å². The van der Waals surface area contributed by atoms with E-state index in [1.807, 2.05) is 6.07 Å². The lowest BCUT2D eigenvalue weighted by atomic mass is 9.98. The van der Waals surface area contributed by atoms with E-state index in [9.17, 15) is 0 Å². The van der Waals surface area contributed by atoms with Crippen LogP contribution in [0.4, 0.5) is 0 Å². The Morgan fingerprint density at radius 1 is 0.513 bits per heavy atom. The molecule has 0 unspecified atom stereocenters. The Morgan fingerprint density at radius 3 is 2.15 bits per heavy atom. The van der Waals surface area contributed by atoms with E-state index in [0.29, 0.717) is 0 Å². The van der Waals surface area contributed by atoms with Crippen LogP contribution in [0.25, 0.3) is 82.4 Å². The molecule has 9 rings (SSSR count). The van der Waals surface area contributed by atoms with Crippen LogP contribution in [0.5, 0.6) is 0 Å². The van der Waals surface area contributed by atoms with Gasteiger partial charge in [-0.15, -0.1) is 0 Å². The number of aromatic nitrogens is 2. The molecule has 0 saturated heterocycles. The standard InChI is InChI=1S/C36H22N2O/c1-2-10-22(11-3-1)23-18-19-32(36-35(23)26-14-6-9-17-34(26)39-36)38-31-16-8-5-13-25(31)28-20-27-24-12-4-7-15-29(24)37-30(27)21-33(28)38/h1-21,37H. The summed E-state index contributed by atoms with van der Waals surface area (Å²) in [6.45, 7) is 0. The molecule has 0 spiro atoms. The van der Waals surface area contributed by atoms with Crippen molar-refractivity contribution in [1.29, 1.82) is 0 Å². The van der Waals surface area contributed by atoms with Crippen molar-refractivity contribution in [2.75, 3.05) is 0 Å². The molecule has 3 nitrogen and oxygen atoms in total. The zero-order valence-electron chi connectivity index (χ0n) is 21.0. The van der Waals surface area contributed by atoms with Crippen LogP contribution >= 0.6 is 0 Å². The van der Waals surface area contributed by atoms with Crippen LogP contribution in [0.2, 0.25) is 0 Å². The minimum atomic E-state index is 0.899. The maximum atomic E-state index is 6.67. The molecule has 0 amide bonds. The first kappa shape index (κ1) is 20.7. The van der Waals surface area contributed by atoms with E-state index < -0.39 is 0 Å². The number of nitrogens with zero attached hydrogens (tertiary/aromatic N) is 1. The predicted molar refractivity (Wildman–Crippen MR) is 163 cm³/mol. The first-order chi connectivity index (χ1) is 19.3. The van der Waals surface area contributed by atoms with E-state index in [0.717, 1.165) is 44.2 Å². The summed E-state index contributed by atoms with van der Waals surface area (Å²) in [6, 6.07) is 45.3. The highest BCUT2D eigenvalue weighted by atomic mass is 16.3. The zero-order chi connectivity index (χ0) is 25.5. The van der Waals surface area contributed by atoms with Gasteiger partial charge in [0.05, 0.1) is 16.7 Å². The monoisotopic (exact) mass is 498 g/mol. The van der Waals surface area contributed by atoms with Crippen molar-refractivity contribution in [3.8, 4) is 16.8 Å². The number of aromatic amines is 1. The second-order valence-corrected chi connectivity index (χ2v) is 10.2. The molecule has 0 aliphatic carbocycles. The van der Waals surface area contributed by atoms with Gasteiger partial charge in [0.25, 0.3) is 0 Å². The van der Waals surface area contributed by atoms with Crippen molar-refractivity contribution in [2.24, 2.45) is 0 Å². The maximum Gasteiger partial charge on any atom is 0.160 e. The van der Waals surface area contributed by atoms with Crippen molar-refractivity contribution >= 4 is 65.6 Å². The normalized spacial score (nSPS) is 12.1. The molecule has 0 fully saturated rings. The molecule has 0 radical (unpaired) electrons. The average molecular weight is 499 g/mol. The number of nitrogens with one attached hydrogen (secondary N) is 1. The summed E-state index contributed by atoms with van der Waals surface area (Å²) in [5, 5.41) is 7.24. The summed E-state index contributed by atoms with van der Waals surface area (Å²) >= 11 is 0. The number of benzene rings is 6. The predicted octanol–water partition coefficient (Wildman–Crippen LogP) is 9.98. The van der Waals surface area contributed by atoms with Crippen LogP contribution < -0.4 is 0 Å². The highest BCUT2D eigenvalue weighted by Crippen LogP contribution is 2.43. The topological polar surface area (TPSA) is 33.9 Å². The zero-order valence-corrected chi connectivity index (χ0v) is 21.0. The molecule has 9 aromatic rings. The Hall–Kier alpha value is -5.28. The number of furan rings is 1. The van der Waals surface area contributed by atoms with Gasteiger partial charge in [0.2, 0.25) is 0 Å². The molecule has 0 bridgehead atoms. The van der Waals surface area contributed by atoms with Crippen molar-refractivity contribution in [2.45, 2.75) is 0 Å². The number of hydrogen-bond acceptors (Lipinski definition) is 1. The highest BCUT2D eigenvalue weighted by Gasteiger charge is 2.21. The van der Waals surface area contributed by atoms with Gasteiger partial charge in [-0.25, -0.2) is 0 Å². The first-order valence-electron chi connectivity index (χ1n) is 13.3. The molecular weight excluding hydrogens is 476 g/mol. The van der Waals surface area contributed by atoms with E-state index in [-0.39, 0.29) is 0 Å².